The minimum atomic E-state index is -0.626. The number of fused-ring (bicyclic) bond motifs is 1. The molecule has 1 aliphatic heterocycles. The van der Waals surface area contributed by atoms with Crippen molar-refractivity contribution in [2.24, 2.45) is 0 Å². The molecule has 0 aliphatic carbocycles. The Morgan fingerprint density at radius 1 is 1.29 bits per heavy atom. The highest BCUT2D eigenvalue weighted by Gasteiger charge is 2.38. The number of hydrogen-bond acceptors (Lipinski definition) is 7. The Bertz CT molecular complexity index is 985. The van der Waals surface area contributed by atoms with Gasteiger partial charge in [0.1, 0.15) is 17.3 Å². The number of hydrogen-bond donors (Lipinski definition) is 1. The molecule has 2 amide bonds. The van der Waals surface area contributed by atoms with E-state index in [0.717, 1.165) is 0 Å². The van der Waals surface area contributed by atoms with Crippen molar-refractivity contribution in [3.63, 3.8) is 0 Å². The quantitative estimate of drug-likeness (QED) is 0.792. The van der Waals surface area contributed by atoms with Crippen LogP contribution in [0.4, 0.5) is 22.0 Å². The van der Waals surface area contributed by atoms with Crippen molar-refractivity contribution in [2.45, 2.75) is 65.6 Å². The van der Waals surface area contributed by atoms with Crippen molar-refractivity contribution in [2.75, 3.05) is 22.2 Å². The van der Waals surface area contributed by atoms with Crippen LogP contribution in [0, 0.1) is 0 Å². The maximum Gasteiger partial charge on any atom is 0.412 e. The fourth-order valence-corrected chi connectivity index (χ4v) is 3.61. The molecular formula is C22H30N6O3. The molecule has 1 atom stereocenters. The number of amides is 2. The number of nitrogens with zero attached hydrogens (tertiary/aromatic N) is 5. The zero-order valence-electron chi connectivity index (χ0n) is 19.1. The summed E-state index contributed by atoms with van der Waals surface area (Å²) in [6.45, 7) is 11.5. The molecule has 0 bridgehead atoms. The van der Waals surface area contributed by atoms with Gasteiger partial charge in [-0.2, -0.15) is 0 Å². The average Bonchev–Trinajstić information content (AvgIpc) is 2.68. The molecule has 0 unspecified atom stereocenters. The normalized spacial score (nSPS) is 16.4. The number of pyridine rings is 1. The van der Waals surface area contributed by atoms with Gasteiger partial charge in [-0.3, -0.25) is 15.1 Å². The second-order valence-corrected chi connectivity index (χ2v) is 8.77. The lowest BCUT2D eigenvalue weighted by Crippen LogP contribution is -2.54. The van der Waals surface area contributed by atoms with Crippen LogP contribution in [0.1, 0.15) is 48.0 Å². The van der Waals surface area contributed by atoms with Crippen molar-refractivity contribution >= 4 is 29.2 Å². The molecule has 0 fully saturated rings. The Labute approximate surface area is 182 Å². The highest BCUT2D eigenvalue weighted by molar-refractivity contribution is 6.04. The lowest BCUT2D eigenvalue weighted by molar-refractivity contribution is -0.120. The van der Waals surface area contributed by atoms with Gasteiger partial charge in [0.05, 0.1) is 18.1 Å². The Morgan fingerprint density at radius 2 is 2.00 bits per heavy atom. The van der Waals surface area contributed by atoms with Gasteiger partial charge in [-0.15, -0.1) is 0 Å². The monoisotopic (exact) mass is 426 g/mol. The molecule has 1 aliphatic rings. The number of carbonyl (C=O) groups is 2. The first kappa shape index (κ1) is 22.5. The lowest BCUT2D eigenvalue weighted by atomic mass is 10.1. The SMILES string of the molecule is CC[C@@H]1C(=O)N(C)c2cnc(-c3ccncc3NC(=O)OC(C)(C)C)nc2N1C(C)C. The van der Waals surface area contributed by atoms with Crippen LogP contribution in [0.2, 0.25) is 0 Å². The predicted molar refractivity (Wildman–Crippen MR) is 120 cm³/mol. The molecule has 2 aromatic rings. The van der Waals surface area contributed by atoms with Gasteiger partial charge in [-0.1, -0.05) is 6.92 Å². The minimum Gasteiger partial charge on any atom is -0.444 e. The number of nitrogens with one attached hydrogen (secondary N) is 1. The first-order valence-electron chi connectivity index (χ1n) is 10.4. The molecule has 3 heterocycles. The summed E-state index contributed by atoms with van der Waals surface area (Å²) in [5.41, 5.74) is 1.08. The number of rotatable bonds is 4. The second-order valence-electron chi connectivity index (χ2n) is 8.77. The fraction of sp³-hybridized carbons (Fsp3) is 0.500. The summed E-state index contributed by atoms with van der Waals surface area (Å²) in [6.07, 6.45) is 4.88. The summed E-state index contributed by atoms with van der Waals surface area (Å²) in [7, 11) is 1.74. The molecule has 3 rings (SSSR count). The number of ether oxygens (including phenoxy) is 1. The first-order chi connectivity index (χ1) is 14.5. The smallest absolute Gasteiger partial charge is 0.412 e. The van der Waals surface area contributed by atoms with Crippen molar-refractivity contribution in [3.8, 4) is 11.4 Å². The van der Waals surface area contributed by atoms with E-state index in [-0.39, 0.29) is 18.0 Å². The maximum absolute atomic E-state index is 12.8. The molecule has 31 heavy (non-hydrogen) atoms. The van der Waals surface area contributed by atoms with E-state index in [4.69, 9.17) is 9.72 Å². The van der Waals surface area contributed by atoms with Gasteiger partial charge in [-0.25, -0.2) is 14.8 Å². The summed E-state index contributed by atoms with van der Waals surface area (Å²) in [4.78, 5) is 42.2. The molecule has 9 nitrogen and oxygen atoms in total. The van der Waals surface area contributed by atoms with Crippen LogP contribution in [0.5, 0.6) is 0 Å². The van der Waals surface area contributed by atoms with E-state index in [2.05, 4.69) is 15.3 Å². The van der Waals surface area contributed by atoms with E-state index >= 15 is 0 Å². The lowest BCUT2D eigenvalue weighted by Gasteiger charge is -2.42. The van der Waals surface area contributed by atoms with Crippen LogP contribution >= 0.6 is 0 Å². The third-order valence-electron chi connectivity index (χ3n) is 4.95. The third kappa shape index (κ3) is 4.60. The Hall–Kier alpha value is -3.23. The third-order valence-corrected chi connectivity index (χ3v) is 4.95. The van der Waals surface area contributed by atoms with Crippen LogP contribution in [-0.2, 0) is 9.53 Å². The van der Waals surface area contributed by atoms with E-state index in [9.17, 15) is 9.59 Å². The van der Waals surface area contributed by atoms with Gasteiger partial charge in [0.25, 0.3) is 0 Å². The fourth-order valence-electron chi connectivity index (χ4n) is 3.61. The van der Waals surface area contributed by atoms with Gasteiger partial charge >= 0.3 is 6.09 Å². The topological polar surface area (TPSA) is 101 Å². The van der Waals surface area contributed by atoms with E-state index in [1.807, 2.05) is 25.7 Å². The van der Waals surface area contributed by atoms with E-state index < -0.39 is 11.7 Å². The second kappa shape index (κ2) is 8.49. The zero-order valence-corrected chi connectivity index (χ0v) is 19.1. The molecule has 0 saturated carbocycles. The minimum absolute atomic E-state index is 0.0243. The summed E-state index contributed by atoms with van der Waals surface area (Å²) < 4.78 is 5.36. The van der Waals surface area contributed by atoms with Gasteiger partial charge < -0.3 is 14.5 Å². The molecule has 0 saturated heterocycles. The average molecular weight is 427 g/mol. The van der Waals surface area contributed by atoms with Gasteiger partial charge in [0, 0.05) is 24.8 Å². The van der Waals surface area contributed by atoms with Crippen LogP contribution in [0.15, 0.2) is 24.7 Å². The Morgan fingerprint density at radius 3 is 2.61 bits per heavy atom. The number of anilines is 3. The van der Waals surface area contributed by atoms with Crippen LogP contribution in [-0.4, -0.2) is 51.7 Å². The summed E-state index contributed by atoms with van der Waals surface area (Å²) in [5.74, 6) is 1.14. The number of likely N-dealkylation sites (N-methyl/N-ethyl adjacent to an activating group) is 1. The van der Waals surface area contributed by atoms with Crippen molar-refractivity contribution in [3.05, 3.63) is 24.7 Å². The predicted octanol–water partition coefficient (Wildman–Crippen LogP) is 3.86. The Balaban J connectivity index is 2.04. The molecule has 0 radical (unpaired) electrons. The molecule has 1 N–H and O–H groups in total. The largest absolute Gasteiger partial charge is 0.444 e. The first-order valence-corrected chi connectivity index (χ1v) is 10.4. The van der Waals surface area contributed by atoms with Crippen LogP contribution in [0.25, 0.3) is 11.4 Å². The van der Waals surface area contributed by atoms with Gasteiger partial charge in [0.2, 0.25) is 5.91 Å². The highest BCUT2D eigenvalue weighted by atomic mass is 16.6. The Kier molecular flexibility index (Phi) is 6.15. The summed E-state index contributed by atoms with van der Waals surface area (Å²) in [6, 6.07) is 1.52. The number of carbonyl (C=O) groups excluding carboxylic acids is 2. The van der Waals surface area contributed by atoms with Crippen molar-refractivity contribution in [1.29, 1.82) is 0 Å². The van der Waals surface area contributed by atoms with E-state index in [0.29, 0.717) is 35.0 Å². The van der Waals surface area contributed by atoms with Gasteiger partial charge in [0.15, 0.2) is 11.6 Å². The molecule has 0 spiro atoms. The molecular weight excluding hydrogens is 396 g/mol. The van der Waals surface area contributed by atoms with E-state index in [1.165, 1.54) is 6.20 Å². The van der Waals surface area contributed by atoms with Crippen LogP contribution < -0.4 is 15.1 Å². The molecule has 2 aromatic heterocycles. The standard InChI is InChI=1S/C22H30N6O3/c1-8-16-20(29)27(7)17-12-24-18(26-19(17)28(16)13(2)3)14-9-10-23-11-15(14)25-21(30)31-22(4,5)6/h9-13,16H,8H2,1-7H3,(H,25,30)/t16-/m1/s1. The van der Waals surface area contributed by atoms with Crippen LogP contribution in [0.3, 0.4) is 0 Å². The highest BCUT2D eigenvalue weighted by Crippen LogP contribution is 2.37. The molecule has 0 aromatic carbocycles. The molecule has 9 heteroatoms. The summed E-state index contributed by atoms with van der Waals surface area (Å²) >= 11 is 0. The zero-order chi connectivity index (χ0) is 22.9. The van der Waals surface area contributed by atoms with Gasteiger partial charge in [-0.05, 0) is 47.1 Å². The maximum atomic E-state index is 12.8. The number of aromatic nitrogens is 3. The van der Waals surface area contributed by atoms with Crippen molar-refractivity contribution in [1.82, 2.24) is 15.0 Å². The molecule has 166 valence electrons. The van der Waals surface area contributed by atoms with Crippen molar-refractivity contribution < 1.29 is 14.3 Å². The van der Waals surface area contributed by atoms with E-state index in [1.54, 1.807) is 51.2 Å². The summed E-state index contributed by atoms with van der Waals surface area (Å²) in [5, 5.41) is 2.73.